The Hall–Kier alpha value is -1.33. The van der Waals surface area contributed by atoms with Crippen LogP contribution in [0.25, 0.3) is 0 Å². The summed E-state index contributed by atoms with van der Waals surface area (Å²) >= 11 is 0. The van der Waals surface area contributed by atoms with Crippen molar-refractivity contribution in [1.29, 1.82) is 0 Å². The first-order valence-electron chi connectivity index (χ1n) is 5.89. The van der Waals surface area contributed by atoms with Crippen molar-refractivity contribution in [3.63, 3.8) is 0 Å². The highest BCUT2D eigenvalue weighted by Gasteiger charge is 2.25. The standard InChI is InChI=1S/C12H18N2O3/c1-14(10-2-3-10)6-5-13-8-9-4-7-17-11(9)12(15)16/h4,7,10,13H,2-3,5-6,8H2,1H3,(H,15,16). The smallest absolute Gasteiger partial charge is 0.372 e. The maximum Gasteiger partial charge on any atom is 0.372 e. The van der Waals surface area contributed by atoms with Gasteiger partial charge in [0.25, 0.3) is 0 Å². The summed E-state index contributed by atoms with van der Waals surface area (Å²) in [6.45, 7) is 2.39. The molecule has 5 heteroatoms. The van der Waals surface area contributed by atoms with E-state index in [9.17, 15) is 4.79 Å². The van der Waals surface area contributed by atoms with Crippen molar-refractivity contribution in [1.82, 2.24) is 10.2 Å². The number of aromatic carboxylic acids is 1. The van der Waals surface area contributed by atoms with E-state index in [0.717, 1.165) is 19.1 Å². The fraction of sp³-hybridized carbons (Fsp3) is 0.583. The molecular weight excluding hydrogens is 220 g/mol. The quantitative estimate of drug-likeness (QED) is 0.698. The molecule has 0 amide bonds. The lowest BCUT2D eigenvalue weighted by atomic mass is 10.2. The van der Waals surface area contributed by atoms with E-state index in [4.69, 9.17) is 9.52 Å². The number of carboxylic acids is 1. The van der Waals surface area contributed by atoms with Crippen molar-refractivity contribution in [2.75, 3.05) is 20.1 Å². The normalized spacial score (nSPS) is 15.4. The molecule has 2 rings (SSSR count). The van der Waals surface area contributed by atoms with Gasteiger partial charge in [0.15, 0.2) is 0 Å². The predicted octanol–water partition coefficient (Wildman–Crippen LogP) is 1.16. The van der Waals surface area contributed by atoms with Crippen LogP contribution in [-0.2, 0) is 6.54 Å². The van der Waals surface area contributed by atoms with Gasteiger partial charge < -0.3 is 19.7 Å². The van der Waals surface area contributed by atoms with E-state index in [0.29, 0.717) is 12.1 Å². The highest BCUT2D eigenvalue weighted by molar-refractivity contribution is 5.86. The van der Waals surface area contributed by atoms with Crippen molar-refractivity contribution in [3.8, 4) is 0 Å². The highest BCUT2D eigenvalue weighted by Crippen LogP contribution is 2.24. The SMILES string of the molecule is CN(CCNCc1ccoc1C(=O)O)C1CC1. The van der Waals surface area contributed by atoms with E-state index < -0.39 is 5.97 Å². The van der Waals surface area contributed by atoms with Gasteiger partial charge in [0.05, 0.1) is 6.26 Å². The Balaban J connectivity index is 1.70. The van der Waals surface area contributed by atoms with E-state index in [1.165, 1.54) is 19.1 Å². The van der Waals surface area contributed by atoms with Crippen LogP contribution in [0.5, 0.6) is 0 Å². The van der Waals surface area contributed by atoms with Gasteiger partial charge in [0.1, 0.15) is 0 Å². The predicted molar refractivity (Wildman–Crippen MR) is 63.0 cm³/mol. The lowest BCUT2D eigenvalue weighted by Crippen LogP contribution is -2.30. The summed E-state index contributed by atoms with van der Waals surface area (Å²) in [5, 5.41) is 12.1. The lowest BCUT2D eigenvalue weighted by Gasteiger charge is -2.15. The number of furan rings is 1. The molecule has 0 saturated heterocycles. The first-order chi connectivity index (χ1) is 8.18. The van der Waals surface area contributed by atoms with E-state index >= 15 is 0 Å². The fourth-order valence-corrected chi connectivity index (χ4v) is 1.84. The fourth-order valence-electron chi connectivity index (χ4n) is 1.84. The molecule has 1 aliphatic rings. The van der Waals surface area contributed by atoms with Crippen LogP contribution in [0.1, 0.15) is 29.0 Å². The molecule has 1 heterocycles. The van der Waals surface area contributed by atoms with Gasteiger partial charge in [-0.1, -0.05) is 0 Å². The minimum absolute atomic E-state index is 0.0352. The van der Waals surface area contributed by atoms with Crippen molar-refractivity contribution in [3.05, 3.63) is 23.7 Å². The maximum absolute atomic E-state index is 10.8. The molecule has 17 heavy (non-hydrogen) atoms. The molecule has 0 aliphatic heterocycles. The van der Waals surface area contributed by atoms with Crippen LogP contribution in [0.15, 0.2) is 16.7 Å². The van der Waals surface area contributed by atoms with E-state index in [-0.39, 0.29) is 5.76 Å². The van der Waals surface area contributed by atoms with Crippen molar-refractivity contribution >= 4 is 5.97 Å². The van der Waals surface area contributed by atoms with Crippen LogP contribution < -0.4 is 5.32 Å². The van der Waals surface area contributed by atoms with Crippen LogP contribution >= 0.6 is 0 Å². The Morgan fingerprint density at radius 1 is 1.65 bits per heavy atom. The maximum atomic E-state index is 10.8. The van der Waals surface area contributed by atoms with E-state index in [1.54, 1.807) is 6.07 Å². The van der Waals surface area contributed by atoms with E-state index in [2.05, 4.69) is 17.3 Å². The second-order valence-electron chi connectivity index (χ2n) is 4.47. The Kier molecular flexibility index (Phi) is 3.81. The average molecular weight is 238 g/mol. The number of likely N-dealkylation sites (N-methyl/N-ethyl adjacent to an activating group) is 1. The van der Waals surface area contributed by atoms with Gasteiger partial charge >= 0.3 is 5.97 Å². The molecule has 0 unspecified atom stereocenters. The van der Waals surface area contributed by atoms with Crippen molar-refractivity contribution in [2.45, 2.75) is 25.4 Å². The summed E-state index contributed by atoms with van der Waals surface area (Å²) in [5.74, 6) is -0.977. The highest BCUT2D eigenvalue weighted by atomic mass is 16.4. The summed E-state index contributed by atoms with van der Waals surface area (Å²) in [4.78, 5) is 13.1. The van der Waals surface area contributed by atoms with Gasteiger partial charge in [-0.25, -0.2) is 4.79 Å². The Morgan fingerprint density at radius 3 is 3.06 bits per heavy atom. The average Bonchev–Trinajstić information content (AvgIpc) is 3.03. The third-order valence-corrected chi connectivity index (χ3v) is 3.07. The molecule has 1 fully saturated rings. The number of hydrogen-bond acceptors (Lipinski definition) is 4. The molecule has 0 atom stereocenters. The van der Waals surface area contributed by atoms with Gasteiger partial charge in [-0.2, -0.15) is 0 Å². The van der Waals surface area contributed by atoms with Crippen LogP contribution in [0.4, 0.5) is 0 Å². The molecular formula is C12H18N2O3. The summed E-state index contributed by atoms with van der Waals surface area (Å²) in [5.41, 5.74) is 0.701. The molecule has 94 valence electrons. The largest absolute Gasteiger partial charge is 0.475 e. The molecule has 0 spiro atoms. The molecule has 0 radical (unpaired) electrons. The Bertz CT molecular complexity index is 385. The second-order valence-corrected chi connectivity index (χ2v) is 4.47. The second kappa shape index (κ2) is 5.33. The third-order valence-electron chi connectivity index (χ3n) is 3.07. The molecule has 1 aliphatic carbocycles. The van der Waals surface area contributed by atoms with Gasteiger partial charge in [-0.3, -0.25) is 0 Å². The van der Waals surface area contributed by atoms with Crippen LogP contribution in [0.3, 0.4) is 0 Å². The number of nitrogens with zero attached hydrogens (tertiary/aromatic N) is 1. The minimum atomic E-state index is -1.01. The number of rotatable bonds is 7. The van der Waals surface area contributed by atoms with Gasteiger partial charge in [-0.05, 0) is 26.0 Å². The van der Waals surface area contributed by atoms with Gasteiger partial charge in [0, 0.05) is 31.2 Å². The van der Waals surface area contributed by atoms with Gasteiger partial charge in [-0.15, -0.1) is 0 Å². The summed E-state index contributed by atoms with van der Waals surface area (Å²) in [6.07, 6.45) is 4.03. The minimum Gasteiger partial charge on any atom is -0.475 e. The van der Waals surface area contributed by atoms with Crippen LogP contribution in [0.2, 0.25) is 0 Å². The molecule has 1 aromatic rings. The first kappa shape index (κ1) is 12.1. The summed E-state index contributed by atoms with van der Waals surface area (Å²) in [7, 11) is 2.12. The molecule has 5 nitrogen and oxygen atoms in total. The molecule has 1 saturated carbocycles. The number of hydrogen-bond donors (Lipinski definition) is 2. The Morgan fingerprint density at radius 2 is 2.41 bits per heavy atom. The molecule has 0 aromatic carbocycles. The van der Waals surface area contributed by atoms with Crippen LogP contribution in [-0.4, -0.2) is 42.2 Å². The van der Waals surface area contributed by atoms with Crippen molar-refractivity contribution < 1.29 is 14.3 Å². The zero-order valence-corrected chi connectivity index (χ0v) is 9.98. The molecule has 1 aromatic heterocycles. The molecule has 0 bridgehead atoms. The van der Waals surface area contributed by atoms with Gasteiger partial charge in [0.2, 0.25) is 5.76 Å². The first-order valence-corrected chi connectivity index (χ1v) is 5.89. The van der Waals surface area contributed by atoms with Crippen molar-refractivity contribution in [2.24, 2.45) is 0 Å². The summed E-state index contributed by atoms with van der Waals surface area (Å²) < 4.78 is 4.90. The summed E-state index contributed by atoms with van der Waals surface area (Å²) in [6, 6.07) is 2.46. The Labute approximate surface area is 100 Å². The number of carboxylic acid groups (broad SMARTS) is 1. The van der Waals surface area contributed by atoms with E-state index in [1.807, 2.05) is 0 Å². The topological polar surface area (TPSA) is 65.7 Å². The zero-order valence-electron chi connectivity index (χ0n) is 9.98. The third kappa shape index (κ3) is 3.31. The van der Waals surface area contributed by atoms with Crippen LogP contribution in [0, 0.1) is 0 Å². The number of nitrogens with one attached hydrogen (secondary N) is 1. The molecule has 2 N–H and O–H groups in total. The monoisotopic (exact) mass is 238 g/mol. The number of carbonyl (C=O) groups is 1. The lowest BCUT2D eigenvalue weighted by molar-refractivity contribution is 0.0660. The zero-order chi connectivity index (χ0) is 12.3.